The lowest BCUT2D eigenvalue weighted by atomic mass is 9.73. The van der Waals surface area contributed by atoms with Crippen LogP contribution in [0.1, 0.15) is 17.9 Å². The third-order valence-electron chi connectivity index (χ3n) is 4.03. The maximum absolute atomic E-state index is 11.9. The Labute approximate surface area is 112 Å². The van der Waals surface area contributed by atoms with E-state index in [4.69, 9.17) is 0 Å². The van der Waals surface area contributed by atoms with Gasteiger partial charge in [-0.15, -0.1) is 5.11 Å². The number of nitrogens with one attached hydrogen (secondary N) is 1. The van der Waals surface area contributed by atoms with E-state index in [1.54, 1.807) is 6.20 Å². The van der Waals surface area contributed by atoms with Crippen molar-refractivity contribution in [2.75, 3.05) is 13.1 Å². The van der Waals surface area contributed by atoms with Crippen molar-refractivity contribution >= 4 is 5.91 Å². The Balaban J connectivity index is 1.87. The average molecular weight is 255 g/mol. The van der Waals surface area contributed by atoms with Gasteiger partial charge < -0.3 is 5.32 Å². The molecule has 3 atom stereocenters. The molecule has 4 nitrogen and oxygen atoms in total. The Bertz CT molecular complexity index is 509. The van der Waals surface area contributed by atoms with E-state index in [1.807, 2.05) is 12.1 Å². The van der Waals surface area contributed by atoms with Crippen molar-refractivity contribution in [1.29, 1.82) is 0 Å². The van der Waals surface area contributed by atoms with Crippen LogP contribution in [0.2, 0.25) is 0 Å². The SMILES string of the molecule is O=C1N=NC=CC1C1CCNCC1c1ccccc1. The quantitative estimate of drug-likeness (QED) is 0.882. The summed E-state index contributed by atoms with van der Waals surface area (Å²) in [6.07, 6.45) is 4.55. The van der Waals surface area contributed by atoms with Gasteiger partial charge in [0.25, 0.3) is 5.91 Å². The molecule has 4 heteroatoms. The predicted octanol–water partition coefficient (Wildman–Crippen LogP) is 2.50. The van der Waals surface area contributed by atoms with Gasteiger partial charge in [0.1, 0.15) is 0 Å². The lowest BCUT2D eigenvalue weighted by molar-refractivity contribution is -0.122. The molecule has 0 aromatic heterocycles. The maximum atomic E-state index is 11.9. The van der Waals surface area contributed by atoms with Gasteiger partial charge in [0.2, 0.25) is 0 Å². The van der Waals surface area contributed by atoms with Crippen LogP contribution in [0.25, 0.3) is 0 Å². The summed E-state index contributed by atoms with van der Waals surface area (Å²) in [6.45, 7) is 1.88. The molecule has 1 saturated heterocycles. The second-order valence-electron chi connectivity index (χ2n) is 5.09. The van der Waals surface area contributed by atoms with E-state index < -0.39 is 0 Å². The minimum absolute atomic E-state index is 0.102. The molecule has 1 fully saturated rings. The first-order chi connectivity index (χ1) is 9.36. The number of carbonyl (C=O) groups is 1. The topological polar surface area (TPSA) is 53.8 Å². The van der Waals surface area contributed by atoms with E-state index in [9.17, 15) is 4.79 Å². The van der Waals surface area contributed by atoms with Crippen LogP contribution in [-0.2, 0) is 4.79 Å². The van der Waals surface area contributed by atoms with Crippen molar-refractivity contribution in [3.63, 3.8) is 0 Å². The third-order valence-corrected chi connectivity index (χ3v) is 4.03. The van der Waals surface area contributed by atoms with Crippen LogP contribution in [0.15, 0.2) is 52.8 Å². The molecular formula is C15H17N3O. The predicted molar refractivity (Wildman–Crippen MR) is 72.7 cm³/mol. The van der Waals surface area contributed by atoms with Gasteiger partial charge in [-0.25, -0.2) is 0 Å². The molecule has 1 amide bonds. The summed E-state index contributed by atoms with van der Waals surface area (Å²) in [5, 5.41) is 10.8. The van der Waals surface area contributed by atoms with E-state index in [0.717, 1.165) is 19.5 Å². The third kappa shape index (κ3) is 2.49. The normalized spacial score (nSPS) is 30.5. The molecule has 0 bridgehead atoms. The molecule has 2 aliphatic rings. The van der Waals surface area contributed by atoms with Crippen LogP contribution in [0, 0.1) is 11.8 Å². The number of piperidine rings is 1. The number of rotatable bonds is 2. The average Bonchev–Trinajstić information content (AvgIpc) is 2.49. The zero-order valence-electron chi connectivity index (χ0n) is 10.7. The van der Waals surface area contributed by atoms with Gasteiger partial charge >= 0.3 is 0 Å². The van der Waals surface area contributed by atoms with E-state index in [2.05, 4.69) is 39.8 Å². The Morgan fingerprint density at radius 2 is 2.05 bits per heavy atom. The van der Waals surface area contributed by atoms with Crippen molar-refractivity contribution in [2.24, 2.45) is 22.1 Å². The Morgan fingerprint density at radius 3 is 2.84 bits per heavy atom. The minimum Gasteiger partial charge on any atom is -0.316 e. The fourth-order valence-corrected chi connectivity index (χ4v) is 3.07. The van der Waals surface area contributed by atoms with Crippen LogP contribution >= 0.6 is 0 Å². The summed E-state index contributed by atoms with van der Waals surface area (Å²) in [5.41, 5.74) is 1.29. The molecule has 19 heavy (non-hydrogen) atoms. The fourth-order valence-electron chi connectivity index (χ4n) is 3.07. The first-order valence-corrected chi connectivity index (χ1v) is 6.73. The van der Waals surface area contributed by atoms with E-state index in [-0.39, 0.29) is 11.8 Å². The first-order valence-electron chi connectivity index (χ1n) is 6.73. The highest BCUT2D eigenvalue weighted by Gasteiger charge is 2.36. The van der Waals surface area contributed by atoms with Crippen LogP contribution < -0.4 is 5.32 Å². The minimum atomic E-state index is -0.121. The molecular weight excluding hydrogens is 238 g/mol. The van der Waals surface area contributed by atoms with Crippen LogP contribution in [-0.4, -0.2) is 19.0 Å². The number of hydrogen-bond acceptors (Lipinski definition) is 3. The highest BCUT2D eigenvalue weighted by atomic mass is 16.2. The van der Waals surface area contributed by atoms with Crippen molar-refractivity contribution in [1.82, 2.24) is 5.32 Å². The number of amides is 1. The van der Waals surface area contributed by atoms with Gasteiger partial charge in [-0.2, -0.15) is 5.11 Å². The number of carbonyl (C=O) groups excluding carboxylic acids is 1. The summed E-state index contributed by atoms with van der Waals surface area (Å²) in [6, 6.07) is 10.4. The number of benzene rings is 1. The second-order valence-corrected chi connectivity index (χ2v) is 5.09. The standard InChI is InChI=1S/C15H17N3O/c19-15-13(7-9-17-18-15)12-6-8-16-10-14(12)11-4-2-1-3-5-11/h1-5,7,9,12-14,16H,6,8,10H2. The molecule has 0 aliphatic carbocycles. The van der Waals surface area contributed by atoms with Crippen molar-refractivity contribution in [2.45, 2.75) is 12.3 Å². The molecule has 98 valence electrons. The number of hydrogen-bond donors (Lipinski definition) is 1. The number of azo groups is 1. The van der Waals surface area contributed by atoms with Gasteiger partial charge in [-0.1, -0.05) is 36.4 Å². The smallest absolute Gasteiger partial charge is 0.271 e. The zero-order chi connectivity index (χ0) is 13.1. The second kappa shape index (κ2) is 5.45. The molecule has 2 heterocycles. The summed E-state index contributed by atoms with van der Waals surface area (Å²) >= 11 is 0. The Kier molecular flexibility index (Phi) is 3.51. The monoisotopic (exact) mass is 255 g/mol. The van der Waals surface area contributed by atoms with Crippen molar-refractivity contribution in [3.8, 4) is 0 Å². The molecule has 0 radical (unpaired) electrons. The van der Waals surface area contributed by atoms with Gasteiger partial charge in [-0.05, 0) is 24.4 Å². The van der Waals surface area contributed by atoms with Crippen molar-refractivity contribution in [3.05, 3.63) is 48.2 Å². The summed E-state index contributed by atoms with van der Waals surface area (Å²) in [7, 11) is 0. The van der Waals surface area contributed by atoms with E-state index >= 15 is 0 Å². The van der Waals surface area contributed by atoms with Crippen molar-refractivity contribution < 1.29 is 4.79 Å². The van der Waals surface area contributed by atoms with Gasteiger partial charge in [0.15, 0.2) is 0 Å². The highest BCUT2D eigenvalue weighted by Crippen LogP contribution is 2.36. The molecule has 2 aliphatic heterocycles. The Morgan fingerprint density at radius 1 is 1.21 bits per heavy atom. The number of nitrogens with zero attached hydrogens (tertiary/aromatic N) is 2. The first kappa shape index (κ1) is 12.2. The lowest BCUT2D eigenvalue weighted by Crippen LogP contribution is -2.40. The van der Waals surface area contributed by atoms with Gasteiger partial charge in [0, 0.05) is 18.7 Å². The fraction of sp³-hybridized carbons (Fsp3) is 0.400. The summed E-state index contributed by atoms with van der Waals surface area (Å²) in [5.74, 6) is 0.452. The zero-order valence-corrected chi connectivity index (χ0v) is 10.7. The van der Waals surface area contributed by atoms with Crippen LogP contribution in [0.4, 0.5) is 0 Å². The molecule has 1 aromatic carbocycles. The molecule has 0 saturated carbocycles. The van der Waals surface area contributed by atoms with Gasteiger partial charge in [-0.3, -0.25) is 4.79 Å². The Hall–Kier alpha value is -1.81. The largest absolute Gasteiger partial charge is 0.316 e. The van der Waals surface area contributed by atoms with Crippen LogP contribution in [0.3, 0.4) is 0 Å². The molecule has 0 spiro atoms. The van der Waals surface area contributed by atoms with Crippen LogP contribution in [0.5, 0.6) is 0 Å². The highest BCUT2D eigenvalue weighted by molar-refractivity contribution is 5.82. The molecule has 1 aromatic rings. The summed E-state index contributed by atoms with van der Waals surface area (Å²) in [4.78, 5) is 11.9. The van der Waals surface area contributed by atoms with E-state index in [1.165, 1.54) is 5.56 Å². The molecule has 3 rings (SSSR count). The lowest BCUT2D eigenvalue weighted by Gasteiger charge is -2.35. The maximum Gasteiger partial charge on any atom is 0.271 e. The van der Waals surface area contributed by atoms with Gasteiger partial charge in [0.05, 0.1) is 5.92 Å². The summed E-state index contributed by atoms with van der Waals surface area (Å²) < 4.78 is 0. The van der Waals surface area contributed by atoms with E-state index in [0.29, 0.717) is 11.8 Å². The molecule has 1 N–H and O–H groups in total. The molecule has 3 unspecified atom stereocenters.